The largest absolute Gasteiger partial charge is 0.497 e. The summed E-state index contributed by atoms with van der Waals surface area (Å²) >= 11 is 0. The summed E-state index contributed by atoms with van der Waals surface area (Å²) in [7, 11) is 1.55. The monoisotopic (exact) mass is 264 g/mol. The van der Waals surface area contributed by atoms with Crippen molar-refractivity contribution in [1.82, 2.24) is 0 Å². The molecule has 0 radical (unpaired) electrons. The normalized spacial score (nSPS) is 9.79. The van der Waals surface area contributed by atoms with Gasteiger partial charge in [-0.3, -0.25) is 9.59 Å². The number of hydrogen-bond donors (Lipinski definition) is 0. The second-order valence-corrected chi connectivity index (χ2v) is 3.88. The van der Waals surface area contributed by atoms with Crippen molar-refractivity contribution >= 4 is 17.5 Å². The van der Waals surface area contributed by atoms with Crippen LogP contribution >= 0.6 is 0 Å². The maximum Gasteiger partial charge on any atom is 0.375 e. The minimum Gasteiger partial charge on any atom is -0.497 e. The summed E-state index contributed by atoms with van der Waals surface area (Å²) in [5.74, 6) is -1.38. The molecule has 1 aromatic carbocycles. The van der Waals surface area contributed by atoms with Crippen LogP contribution in [0.1, 0.15) is 18.9 Å². The van der Waals surface area contributed by atoms with Crippen LogP contribution < -0.4 is 4.74 Å². The fourth-order valence-corrected chi connectivity index (χ4v) is 1.50. The van der Waals surface area contributed by atoms with Crippen LogP contribution in [0.15, 0.2) is 24.3 Å². The van der Waals surface area contributed by atoms with E-state index in [1.54, 1.807) is 38.3 Å². The lowest BCUT2D eigenvalue weighted by molar-refractivity contribution is -0.154. The molecule has 5 heteroatoms. The second kappa shape index (κ2) is 7.31. The van der Waals surface area contributed by atoms with E-state index in [0.29, 0.717) is 5.75 Å². The van der Waals surface area contributed by atoms with Crippen LogP contribution in [-0.4, -0.2) is 31.3 Å². The summed E-state index contributed by atoms with van der Waals surface area (Å²) in [4.78, 5) is 34.0. The number of rotatable bonds is 7. The Bertz CT molecular complexity index is 461. The SMILES string of the molecule is CCOC(=O)C(=O)CC(=O)Cc1ccc(OC)cc1. The van der Waals surface area contributed by atoms with Gasteiger partial charge in [0.1, 0.15) is 11.5 Å². The van der Waals surface area contributed by atoms with Crippen molar-refractivity contribution in [2.45, 2.75) is 19.8 Å². The molecule has 0 aliphatic rings. The predicted octanol–water partition coefficient (Wildman–Crippen LogP) is 1.33. The highest BCUT2D eigenvalue weighted by atomic mass is 16.5. The van der Waals surface area contributed by atoms with E-state index in [4.69, 9.17) is 4.74 Å². The Morgan fingerprint density at radius 3 is 2.26 bits per heavy atom. The van der Waals surface area contributed by atoms with E-state index >= 15 is 0 Å². The van der Waals surface area contributed by atoms with Gasteiger partial charge >= 0.3 is 5.97 Å². The van der Waals surface area contributed by atoms with Crippen molar-refractivity contribution in [3.8, 4) is 5.75 Å². The minimum atomic E-state index is -0.953. The number of ketones is 2. The van der Waals surface area contributed by atoms with E-state index in [9.17, 15) is 14.4 Å². The number of esters is 1. The first-order chi connectivity index (χ1) is 9.06. The van der Waals surface area contributed by atoms with Crippen molar-refractivity contribution in [2.24, 2.45) is 0 Å². The number of ether oxygens (including phenoxy) is 2. The van der Waals surface area contributed by atoms with Crippen LogP contribution in [-0.2, 0) is 25.5 Å². The van der Waals surface area contributed by atoms with Crippen molar-refractivity contribution in [3.05, 3.63) is 29.8 Å². The summed E-state index contributed by atoms with van der Waals surface area (Å²) in [6, 6.07) is 6.95. The summed E-state index contributed by atoms with van der Waals surface area (Å²) < 4.78 is 9.52. The van der Waals surface area contributed by atoms with Crippen LogP contribution in [0, 0.1) is 0 Å². The maximum atomic E-state index is 11.6. The first-order valence-electron chi connectivity index (χ1n) is 5.91. The first kappa shape index (κ1) is 14.9. The Balaban J connectivity index is 2.50. The third-order valence-corrected chi connectivity index (χ3v) is 2.42. The van der Waals surface area contributed by atoms with Gasteiger partial charge in [0.25, 0.3) is 0 Å². The van der Waals surface area contributed by atoms with Crippen molar-refractivity contribution in [3.63, 3.8) is 0 Å². The van der Waals surface area contributed by atoms with Gasteiger partial charge < -0.3 is 9.47 Å². The van der Waals surface area contributed by atoms with Crippen LogP contribution in [0.25, 0.3) is 0 Å². The number of Topliss-reactive ketones (excluding diaryl/α,β-unsaturated/α-hetero) is 2. The molecule has 5 nitrogen and oxygen atoms in total. The van der Waals surface area contributed by atoms with Gasteiger partial charge in [-0.05, 0) is 24.6 Å². The van der Waals surface area contributed by atoms with Crippen LogP contribution in [0.3, 0.4) is 0 Å². The van der Waals surface area contributed by atoms with E-state index in [2.05, 4.69) is 4.74 Å². The third kappa shape index (κ3) is 4.91. The van der Waals surface area contributed by atoms with Gasteiger partial charge in [0.2, 0.25) is 5.78 Å². The highest BCUT2D eigenvalue weighted by Crippen LogP contribution is 2.12. The number of carbonyl (C=O) groups excluding carboxylic acids is 3. The molecule has 0 heterocycles. The van der Waals surface area contributed by atoms with Crippen molar-refractivity contribution in [1.29, 1.82) is 0 Å². The molecule has 0 saturated carbocycles. The van der Waals surface area contributed by atoms with Crippen LogP contribution in [0.4, 0.5) is 0 Å². The highest BCUT2D eigenvalue weighted by molar-refractivity contribution is 6.37. The highest BCUT2D eigenvalue weighted by Gasteiger charge is 2.18. The molecule has 0 fully saturated rings. The van der Waals surface area contributed by atoms with E-state index in [1.807, 2.05) is 0 Å². The molecule has 0 spiro atoms. The topological polar surface area (TPSA) is 69.7 Å². The fraction of sp³-hybridized carbons (Fsp3) is 0.357. The summed E-state index contributed by atoms with van der Waals surface area (Å²) in [6.07, 6.45) is -0.319. The molecule has 102 valence electrons. The Labute approximate surface area is 111 Å². The van der Waals surface area contributed by atoms with Gasteiger partial charge in [-0.1, -0.05) is 12.1 Å². The molecular weight excluding hydrogens is 248 g/mol. The third-order valence-electron chi connectivity index (χ3n) is 2.42. The Kier molecular flexibility index (Phi) is 5.73. The number of hydrogen-bond acceptors (Lipinski definition) is 5. The standard InChI is InChI=1S/C14H16O5/c1-3-19-14(17)13(16)9-11(15)8-10-4-6-12(18-2)7-5-10/h4-7H,3,8-9H2,1-2H3. The Morgan fingerprint density at radius 1 is 1.11 bits per heavy atom. The quantitative estimate of drug-likeness (QED) is 0.422. The number of benzene rings is 1. The first-order valence-corrected chi connectivity index (χ1v) is 5.91. The van der Waals surface area contributed by atoms with Gasteiger partial charge in [-0.2, -0.15) is 0 Å². The molecule has 0 saturated heterocycles. The lowest BCUT2D eigenvalue weighted by Gasteiger charge is -2.03. The molecule has 0 aromatic heterocycles. The van der Waals surface area contributed by atoms with Gasteiger partial charge in [0, 0.05) is 6.42 Å². The van der Waals surface area contributed by atoms with Crippen molar-refractivity contribution in [2.75, 3.05) is 13.7 Å². The maximum absolute atomic E-state index is 11.6. The van der Waals surface area contributed by atoms with Gasteiger partial charge in [0.05, 0.1) is 20.1 Å². The van der Waals surface area contributed by atoms with E-state index in [1.165, 1.54) is 0 Å². The summed E-state index contributed by atoms with van der Waals surface area (Å²) in [5.41, 5.74) is 0.766. The van der Waals surface area contributed by atoms with Gasteiger partial charge in [-0.25, -0.2) is 4.79 Å². The average Bonchev–Trinajstić information content (AvgIpc) is 2.39. The zero-order valence-corrected chi connectivity index (χ0v) is 11.0. The molecule has 0 unspecified atom stereocenters. The van der Waals surface area contributed by atoms with Crippen molar-refractivity contribution < 1.29 is 23.9 Å². The molecule has 0 aliphatic heterocycles. The Hall–Kier alpha value is -2.17. The molecule has 1 aromatic rings. The lowest BCUT2D eigenvalue weighted by atomic mass is 10.1. The fourth-order valence-electron chi connectivity index (χ4n) is 1.50. The lowest BCUT2D eigenvalue weighted by Crippen LogP contribution is -2.21. The molecule has 0 atom stereocenters. The van der Waals surface area contributed by atoms with E-state index < -0.39 is 18.2 Å². The van der Waals surface area contributed by atoms with E-state index in [0.717, 1.165) is 5.56 Å². The number of methoxy groups -OCH3 is 1. The van der Waals surface area contributed by atoms with E-state index in [-0.39, 0.29) is 18.8 Å². The van der Waals surface area contributed by atoms with Crippen LogP contribution in [0.5, 0.6) is 5.75 Å². The average molecular weight is 264 g/mol. The van der Waals surface area contributed by atoms with Gasteiger partial charge in [0.15, 0.2) is 0 Å². The number of carbonyl (C=O) groups is 3. The second-order valence-electron chi connectivity index (χ2n) is 3.88. The smallest absolute Gasteiger partial charge is 0.375 e. The summed E-state index contributed by atoms with van der Waals surface area (Å²) in [6.45, 7) is 1.72. The zero-order valence-electron chi connectivity index (χ0n) is 11.0. The molecule has 0 bridgehead atoms. The molecule has 0 N–H and O–H groups in total. The molecule has 19 heavy (non-hydrogen) atoms. The Morgan fingerprint density at radius 2 is 1.74 bits per heavy atom. The van der Waals surface area contributed by atoms with Crippen LogP contribution in [0.2, 0.25) is 0 Å². The zero-order chi connectivity index (χ0) is 14.3. The predicted molar refractivity (Wildman–Crippen MR) is 68.0 cm³/mol. The molecule has 0 amide bonds. The molecular formula is C14H16O5. The molecule has 1 rings (SSSR count). The minimum absolute atomic E-state index is 0.106. The molecule has 0 aliphatic carbocycles. The summed E-state index contributed by atoms with van der Waals surface area (Å²) in [5, 5.41) is 0. The van der Waals surface area contributed by atoms with Gasteiger partial charge in [-0.15, -0.1) is 0 Å².